The number of hydrogen-bond acceptors (Lipinski definition) is 4. The van der Waals surface area contributed by atoms with E-state index in [-0.39, 0.29) is 5.60 Å². The molecule has 1 fully saturated rings. The van der Waals surface area contributed by atoms with Crippen LogP contribution in [0.2, 0.25) is 0 Å². The fourth-order valence-electron chi connectivity index (χ4n) is 2.54. The Bertz CT molecular complexity index is 359. The van der Waals surface area contributed by atoms with Crippen LogP contribution in [0.5, 0.6) is 0 Å². The summed E-state index contributed by atoms with van der Waals surface area (Å²) >= 11 is 0. The van der Waals surface area contributed by atoms with E-state index in [1.807, 2.05) is 13.1 Å². The van der Waals surface area contributed by atoms with E-state index in [1.165, 1.54) is 25.7 Å². The normalized spacial score (nSPS) is 19.6. The molecule has 0 amide bonds. The van der Waals surface area contributed by atoms with Crippen LogP contribution >= 0.6 is 0 Å². The molecule has 1 aliphatic carbocycles. The highest BCUT2D eigenvalue weighted by Crippen LogP contribution is 2.37. The predicted octanol–water partition coefficient (Wildman–Crippen LogP) is 2.71. The molecule has 4 nitrogen and oxygen atoms in total. The highest BCUT2D eigenvalue weighted by Gasteiger charge is 2.35. The van der Waals surface area contributed by atoms with Crippen molar-refractivity contribution in [1.29, 1.82) is 0 Å². The molecule has 1 aromatic heterocycles. The van der Waals surface area contributed by atoms with Crippen LogP contribution in [0.15, 0.2) is 12.3 Å². The van der Waals surface area contributed by atoms with Crippen LogP contribution in [0, 0.1) is 0 Å². The third-order valence-electron chi connectivity index (χ3n) is 3.62. The first kappa shape index (κ1) is 12.3. The van der Waals surface area contributed by atoms with Crippen molar-refractivity contribution in [3.8, 4) is 0 Å². The lowest BCUT2D eigenvalue weighted by Gasteiger charge is -2.29. The first-order valence-corrected chi connectivity index (χ1v) is 6.37. The van der Waals surface area contributed by atoms with E-state index in [2.05, 4.69) is 15.3 Å². The molecule has 0 bridgehead atoms. The van der Waals surface area contributed by atoms with Crippen molar-refractivity contribution < 1.29 is 4.74 Å². The highest BCUT2D eigenvalue weighted by atomic mass is 16.5. The molecule has 0 atom stereocenters. The number of ether oxygens (including phenoxy) is 1. The van der Waals surface area contributed by atoms with Crippen LogP contribution in [0.25, 0.3) is 0 Å². The maximum absolute atomic E-state index is 5.79. The second kappa shape index (κ2) is 5.45. The van der Waals surface area contributed by atoms with Crippen LogP contribution < -0.4 is 5.32 Å². The van der Waals surface area contributed by atoms with Gasteiger partial charge in [0.05, 0.1) is 0 Å². The summed E-state index contributed by atoms with van der Waals surface area (Å²) in [7, 11) is 3.65. The standard InChI is InChI=1S/C13H21N3O/c1-14-11-7-10-15-12(16-11)13(17-2)8-5-3-4-6-9-13/h7,10H,3-6,8-9H2,1-2H3,(H,14,15,16). The van der Waals surface area contributed by atoms with Crippen molar-refractivity contribution in [2.75, 3.05) is 19.5 Å². The number of aromatic nitrogens is 2. The summed E-state index contributed by atoms with van der Waals surface area (Å²) in [5.41, 5.74) is -0.274. The zero-order valence-corrected chi connectivity index (χ0v) is 10.7. The Labute approximate surface area is 103 Å². The largest absolute Gasteiger partial charge is 0.373 e. The molecule has 0 aliphatic heterocycles. The Balaban J connectivity index is 2.31. The van der Waals surface area contributed by atoms with Gasteiger partial charge in [0.25, 0.3) is 0 Å². The van der Waals surface area contributed by atoms with E-state index in [1.54, 1.807) is 13.3 Å². The first-order valence-electron chi connectivity index (χ1n) is 6.37. The van der Waals surface area contributed by atoms with Crippen molar-refractivity contribution in [2.45, 2.75) is 44.1 Å². The van der Waals surface area contributed by atoms with E-state index in [9.17, 15) is 0 Å². The van der Waals surface area contributed by atoms with Gasteiger partial charge in [-0.25, -0.2) is 9.97 Å². The summed E-state index contributed by atoms with van der Waals surface area (Å²) < 4.78 is 5.79. The van der Waals surface area contributed by atoms with Crippen molar-refractivity contribution in [3.05, 3.63) is 18.1 Å². The lowest BCUT2D eigenvalue weighted by molar-refractivity contribution is -0.0350. The zero-order valence-electron chi connectivity index (χ0n) is 10.7. The molecule has 2 rings (SSSR count). The Hall–Kier alpha value is -1.16. The summed E-state index contributed by atoms with van der Waals surface area (Å²) in [5, 5.41) is 3.06. The minimum atomic E-state index is -0.274. The van der Waals surface area contributed by atoms with Gasteiger partial charge in [-0.1, -0.05) is 25.7 Å². The smallest absolute Gasteiger partial charge is 0.162 e. The number of anilines is 1. The molecule has 1 aromatic rings. The SMILES string of the molecule is CNc1ccnc(C2(OC)CCCCCC2)n1. The molecule has 94 valence electrons. The van der Waals surface area contributed by atoms with Gasteiger partial charge in [0.1, 0.15) is 11.4 Å². The van der Waals surface area contributed by atoms with Crippen molar-refractivity contribution in [1.82, 2.24) is 9.97 Å². The molecule has 4 heteroatoms. The van der Waals surface area contributed by atoms with Gasteiger partial charge in [-0.3, -0.25) is 0 Å². The summed E-state index contributed by atoms with van der Waals surface area (Å²) in [5.74, 6) is 1.68. The number of methoxy groups -OCH3 is 1. The van der Waals surface area contributed by atoms with Crippen LogP contribution in [0.3, 0.4) is 0 Å². The van der Waals surface area contributed by atoms with Gasteiger partial charge in [0, 0.05) is 20.4 Å². The van der Waals surface area contributed by atoms with Gasteiger partial charge in [-0.15, -0.1) is 0 Å². The molecule has 0 unspecified atom stereocenters. The van der Waals surface area contributed by atoms with Crippen LogP contribution in [-0.2, 0) is 10.3 Å². The second-order valence-electron chi connectivity index (χ2n) is 4.63. The van der Waals surface area contributed by atoms with Gasteiger partial charge < -0.3 is 10.1 Å². The van der Waals surface area contributed by atoms with Crippen molar-refractivity contribution in [3.63, 3.8) is 0 Å². The van der Waals surface area contributed by atoms with Crippen LogP contribution in [-0.4, -0.2) is 24.1 Å². The van der Waals surface area contributed by atoms with E-state index >= 15 is 0 Å². The van der Waals surface area contributed by atoms with Gasteiger partial charge in [0.2, 0.25) is 0 Å². The zero-order chi connectivity index (χ0) is 12.1. The molecular formula is C13H21N3O. The van der Waals surface area contributed by atoms with Gasteiger partial charge in [-0.2, -0.15) is 0 Å². The Morgan fingerprint density at radius 2 is 1.94 bits per heavy atom. The fourth-order valence-corrected chi connectivity index (χ4v) is 2.54. The van der Waals surface area contributed by atoms with Crippen molar-refractivity contribution in [2.24, 2.45) is 0 Å². The first-order chi connectivity index (χ1) is 8.30. The molecule has 0 radical (unpaired) electrons. The second-order valence-corrected chi connectivity index (χ2v) is 4.63. The van der Waals surface area contributed by atoms with E-state index in [0.29, 0.717) is 0 Å². The Kier molecular flexibility index (Phi) is 3.94. The van der Waals surface area contributed by atoms with E-state index in [4.69, 9.17) is 4.74 Å². The van der Waals surface area contributed by atoms with Crippen LogP contribution in [0.4, 0.5) is 5.82 Å². The quantitative estimate of drug-likeness (QED) is 0.818. The Morgan fingerprint density at radius 3 is 2.53 bits per heavy atom. The Morgan fingerprint density at radius 1 is 1.24 bits per heavy atom. The minimum absolute atomic E-state index is 0.274. The molecule has 1 N–H and O–H groups in total. The third-order valence-corrected chi connectivity index (χ3v) is 3.62. The summed E-state index contributed by atoms with van der Waals surface area (Å²) in [4.78, 5) is 8.97. The maximum Gasteiger partial charge on any atom is 0.162 e. The van der Waals surface area contributed by atoms with Crippen molar-refractivity contribution >= 4 is 5.82 Å². The number of hydrogen-bond donors (Lipinski definition) is 1. The third kappa shape index (κ3) is 2.57. The number of nitrogens with one attached hydrogen (secondary N) is 1. The summed E-state index contributed by atoms with van der Waals surface area (Å²) in [6.45, 7) is 0. The molecular weight excluding hydrogens is 214 g/mol. The molecule has 0 spiro atoms. The molecule has 1 heterocycles. The van der Waals surface area contributed by atoms with Gasteiger partial charge >= 0.3 is 0 Å². The maximum atomic E-state index is 5.79. The summed E-state index contributed by atoms with van der Waals surface area (Å²) in [6, 6.07) is 1.88. The lowest BCUT2D eigenvalue weighted by atomic mass is 9.93. The van der Waals surface area contributed by atoms with Gasteiger partial charge in [-0.05, 0) is 18.9 Å². The number of nitrogens with zero attached hydrogens (tertiary/aromatic N) is 2. The molecule has 17 heavy (non-hydrogen) atoms. The summed E-state index contributed by atoms with van der Waals surface area (Å²) in [6.07, 6.45) is 8.82. The van der Waals surface area contributed by atoms with Gasteiger partial charge in [0.15, 0.2) is 5.82 Å². The fraction of sp³-hybridized carbons (Fsp3) is 0.692. The van der Waals surface area contributed by atoms with E-state index in [0.717, 1.165) is 24.5 Å². The average molecular weight is 235 g/mol. The molecule has 1 aliphatic rings. The monoisotopic (exact) mass is 235 g/mol. The topological polar surface area (TPSA) is 47.0 Å². The predicted molar refractivity (Wildman–Crippen MR) is 68.0 cm³/mol. The van der Waals surface area contributed by atoms with Crippen LogP contribution in [0.1, 0.15) is 44.3 Å². The minimum Gasteiger partial charge on any atom is -0.373 e. The molecule has 1 saturated carbocycles. The highest BCUT2D eigenvalue weighted by molar-refractivity contribution is 5.32. The molecule has 0 saturated heterocycles. The molecule has 0 aromatic carbocycles. The average Bonchev–Trinajstić information content (AvgIpc) is 2.65. The van der Waals surface area contributed by atoms with E-state index < -0.39 is 0 Å². The number of rotatable bonds is 3. The lowest BCUT2D eigenvalue weighted by Crippen LogP contribution is -2.30.